The number of ether oxygens (including phenoxy) is 1. The van der Waals surface area contributed by atoms with Crippen molar-refractivity contribution in [2.75, 3.05) is 13.2 Å². The molecule has 0 unspecified atom stereocenters. The van der Waals surface area contributed by atoms with Gasteiger partial charge in [0.2, 0.25) is 5.91 Å². The van der Waals surface area contributed by atoms with Gasteiger partial charge in [0.25, 0.3) is 0 Å². The van der Waals surface area contributed by atoms with Gasteiger partial charge < -0.3 is 15.2 Å². The minimum absolute atomic E-state index is 0.0926. The number of hydrogen-bond donors (Lipinski definition) is 2. The first kappa shape index (κ1) is 13.0. The van der Waals surface area contributed by atoms with Crippen molar-refractivity contribution in [1.82, 2.24) is 5.32 Å². The standard InChI is InChI=1S/C11H19NO4/c1-2-16-7-10(13)12-9-5-3-8(4-6-9)11(14)15/h8-9H,2-7H2,1H3,(H,12,13)(H,14,15). The highest BCUT2D eigenvalue weighted by atomic mass is 16.5. The lowest BCUT2D eigenvalue weighted by atomic mass is 9.86. The molecule has 0 atom stereocenters. The van der Waals surface area contributed by atoms with E-state index >= 15 is 0 Å². The van der Waals surface area contributed by atoms with Gasteiger partial charge in [-0.3, -0.25) is 9.59 Å². The highest BCUT2D eigenvalue weighted by Crippen LogP contribution is 2.24. The lowest BCUT2D eigenvalue weighted by Crippen LogP contribution is -2.40. The summed E-state index contributed by atoms with van der Waals surface area (Å²) in [5.74, 6) is -1.07. The lowest BCUT2D eigenvalue weighted by molar-refractivity contribution is -0.142. The molecule has 0 aliphatic heterocycles. The number of rotatable bonds is 5. The quantitative estimate of drug-likeness (QED) is 0.730. The fourth-order valence-electron chi connectivity index (χ4n) is 1.95. The van der Waals surface area contributed by atoms with Crippen LogP contribution in [0.4, 0.5) is 0 Å². The third-order valence-electron chi connectivity index (χ3n) is 2.88. The van der Waals surface area contributed by atoms with E-state index in [-0.39, 0.29) is 24.5 Å². The Hall–Kier alpha value is -1.10. The van der Waals surface area contributed by atoms with E-state index in [0.717, 1.165) is 12.8 Å². The van der Waals surface area contributed by atoms with E-state index in [9.17, 15) is 9.59 Å². The minimum atomic E-state index is -0.723. The molecule has 16 heavy (non-hydrogen) atoms. The normalized spacial score (nSPS) is 25.1. The summed E-state index contributed by atoms with van der Waals surface area (Å²) in [7, 11) is 0. The van der Waals surface area contributed by atoms with Crippen molar-refractivity contribution >= 4 is 11.9 Å². The van der Waals surface area contributed by atoms with Crippen molar-refractivity contribution in [3.05, 3.63) is 0 Å². The van der Waals surface area contributed by atoms with Gasteiger partial charge in [-0.25, -0.2) is 0 Å². The zero-order valence-electron chi connectivity index (χ0n) is 9.57. The molecular formula is C11H19NO4. The Labute approximate surface area is 95.2 Å². The zero-order chi connectivity index (χ0) is 12.0. The molecule has 0 aromatic heterocycles. The molecule has 5 nitrogen and oxygen atoms in total. The van der Waals surface area contributed by atoms with Crippen molar-refractivity contribution in [2.45, 2.75) is 38.6 Å². The number of carboxylic acids is 1. The van der Waals surface area contributed by atoms with Crippen LogP contribution in [-0.2, 0) is 14.3 Å². The maximum absolute atomic E-state index is 11.3. The van der Waals surface area contributed by atoms with E-state index < -0.39 is 5.97 Å². The van der Waals surface area contributed by atoms with Gasteiger partial charge in [0.05, 0.1) is 5.92 Å². The smallest absolute Gasteiger partial charge is 0.306 e. The van der Waals surface area contributed by atoms with E-state index in [1.165, 1.54) is 0 Å². The number of nitrogens with one attached hydrogen (secondary N) is 1. The van der Waals surface area contributed by atoms with Gasteiger partial charge in [-0.1, -0.05) is 0 Å². The van der Waals surface area contributed by atoms with Gasteiger partial charge in [0.15, 0.2) is 0 Å². The first-order valence-corrected chi connectivity index (χ1v) is 5.73. The minimum Gasteiger partial charge on any atom is -0.481 e. The maximum atomic E-state index is 11.3. The van der Waals surface area contributed by atoms with Crippen LogP contribution in [0, 0.1) is 5.92 Å². The van der Waals surface area contributed by atoms with E-state index in [4.69, 9.17) is 9.84 Å². The van der Waals surface area contributed by atoms with Crippen LogP contribution in [0.15, 0.2) is 0 Å². The summed E-state index contributed by atoms with van der Waals surface area (Å²) < 4.78 is 4.99. The SMILES string of the molecule is CCOCC(=O)NC1CCC(C(=O)O)CC1. The van der Waals surface area contributed by atoms with Gasteiger partial charge in [0.1, 0.15) is 6.61 Å². The lowest BCUT2D eigenvalue weighted by Gasteiger charge is -2.26. The van der Waals surface area contributed by atoms with Gasteiger partial charge in [-0.05, 0) is 32.6 Å². The second kappa shape index (κ2) is 6.48. The molecule has 0 saturated heterocycles. The number of aliphatic carboxylic acids is 1. The summed E-state index contributed by atoms with van der Waals surface area (Å²) in [6.45, 7) is 2.46. The van der Waals surface area contributed by atoms with Gasteiger partial charge in [0, 0.05) is 12.6 Å². The third kappa shape index (κ3) is 4.18. The molecule has 0 aromatic carbocycles. The molecule has 1 aliphatic rings. The van der Waals surface area contributed by atoms with Crippen LogP contribution in [-0.4, -0.2) is 36.2 Å². The predicted octanol–water partition coefficient (Wildman–Crippen LogP) is 0.782. The molecular weight excluding hydrogens is 210 g/mol. The van der Waals surface area contributed by atoms with Crippen LogP contribution in [0.2, 0.25) is 0 Å². The molecule has 1 aliphatic carbocycles. The van der Waals surface area contributed by atoms with E-state index in [2.05, 4.69) is 5.32 Å². The van der Waals surface area contributed by atoms with Gasteiger partial charge in [-0.15, -0.1) is 0 Å². The molecule has 0 aromatic rings. The van der Waals surface area contributed by atoms with Crippen LogP contribution in [0.5, 0.6) is 0 Å². The van der Waals surface area contributed by atoms with E-state index in [1.54, 1.807) is 0 Å². The molecule has 1 saturated carbocycles. The molecule has 0 radical (unpaired) electrons. The summed E-state index contributed by atoms with van der Waals surface area (Å²) in [6, 6.07) is 0.114. The third-order valence-corrected chi connectivity index (χ3v) is 2.88. The molecule has 0 spiro atoms. The Kier molecular flexibility index (Phi) is 5.25. The van der Waals surface area contributed by atoms with Crippen LogP contribution < -0.4 is 5.32 Å². The highest BCUT2D eigenvalue weighted by Gasteiger charge is 2.26. The maximum Gasteiger partial charge on any atom is 0.306 e. The average Bonchev–Trinajstić information content (AvgIpc) is 2.27. The average molecular weight is 229 g/mol. The monoisotopic (exact) mass is 229 g/mol. The first-order valence-electron chi connectivity index (χ1n) is 5.73. The molecule has 0 bridgehead atoms. The summed E-state index contributed by atoms with van der Waals surface area (Å²) in [6.07, 6.45) is 2.79. The number of carbonyl (C=O) groups is 2. The molecule has 5 heteroatoms. The molecule has 1 fully saturated rings. The summed E-state index contributed by atoms with van der Waals surface area (Å²) in [5.41, 5.74) is 0. The number of hydrogen-bond acceptors (Lipinski definition) is 3. The second-order valence-electron chi connectivity index (χ2n) is 4.09. The Morgan fingerprint density at radius 1 is 1.31 bits per heavy atom. The fraction of sp³-hybridized carbons (Fsp3) is 0.818. The Bertz CT molecular complexity index is 246. The first-order chi connectivity index (χ1) is 7.63. The van der Waals surface area contributed by atoms with Crippen molar-refractivity contribution in [1.29, 1.82) is 0 Å². The fourth-order valence-corrected chi connectivity index (χ4v) is 1.95. The molecule has 0 heterocycles. The molecule has 2 N–H and O–H groups in total. The Morgan fingerprint density at radius 2 is 1.94 bits per heavy atom. The molecule has 1 amide bonds. The topological polar surface area (TPSA) is 75.6 Å². The van der Waals surface area contributed by atoms with Crippen molar-refractivity contribution in [3.8, 4) is 0 Å². The largest absolute Gasteiger partial charge is 0.481 e. The van der Waals surface area contributed by atoms with Crippen LogP contribution >= 0.6 is 0 Å². The predicted molar refractivity (Wildman–Crippen MR) is 58.0 cm³/mol. The van der Waals surface area contributed by atoms with Crippen LogP contribution in [0.25, 0.3) is 0 Å². The number of amides is 1. The van der Waals surface area contributed by atoms with Crippen molar-refractivity contribution < 1.29 is 19.4 Å². The summed E-state index contributed by atoms with van der Waals surface area (Å²) >= 11 is 0. The Balaban J connectivity index is 2.21. The van der Waals surface area contributed by atoms with Gasteiger partial charge >= 0.3 is 5.97 Å². The summed E-state index contributed by atoms with van der Waals surface area (Å²) in [4.78, 5) is 22.1. The number of carbonyl (C=O) groups excluding carboxylic acids is 1. The van der Waals surface area contributed by atoms with Crippen molar-refractivity contribution in [3.63, 3.8) is 0 Å². The highest BCUT2D eigenvalue weighted by molar-refractivity contribution is 5.77. The number of carboxylic acid groups (broad SMARTS) is 1. The zero-order valence-corrected chi connectivity index (χ0v) is 9.57. The second-order valence-corrected chi connectivity index (χ2v) is 4.09. The van der Waals surface area contributed by atoms with Crippen LogP contribution in [0.3, 0.4) is 0 Å². The van der Waals surface area contributed by atoms with E-state index in [1.807, 2.05) is 6.92 Å². The Morgan fingerprint density at radius 3 is 2.44 bits per heavy atom. The molecule has 1 rings (SSSR count). The van der Waals surface area contributed by atoms with Gasteiger partial charge in [-0.2, -0.15) is 0 Å². The van der Waals surface area contributed by atoms with Crippen molar-refractivity contribution in [2.24, 2.45) is 5.92 Å². The van der Waals surface area contributed by atoms with E-state index in [0.29, 0.717) is 19.4 Å². The molecule has 92 valence electrons. The summed E-state index contributed by atoms with van der Waals surface area (Å²) in [5, 5.41) is 11.7. The van der Waals surface area contributed by atoms with Crippen LogP contribution in [0.1, 0.15) is 32.6 Å².